The average Bonchev–Trinajstić information content (AvgIpc) is 3.13. The molecule has 1 N–H and O–H groups in total. The highest BCUT2D eigenvalue weighted by atomic mass is 16.7. The van der Waals surface area contributed by atoms with Crippen molar-refractivity contribution in [2.75, 3.05) is 0 Å². The standard InChI is InChI=1S/C21H17N3O3.C14H11N3O3/c25-20-11-19(26-13-16-7-3-1-4-8-16)18-12-22-15-23-21(18)24(20)27-14-17-9-5-2-6-10-17;18-13-6-12(20-8-10-4-2-1-3-5-10)11-7-15-9-16-14(11)17(13)19/h1-12,15H,13-14H2;1-7,9,19H,8H2. The monoisotopic (exact) mass is 628 g/mol. The van der Waals surface area contributed by atoms with E-state index in [-0.39, 0.29) is 17.8 Å². The van der Waals surface area contributed by atoms with Crippen LogP contribution in [-0.4, -0.2) is 34.6 Å². The Balaban J connectivity index is 0.000000172. The van der Waals surface area contributed by atoms with Crippen molar-refractivity contribution in [1.29, 1.82) is 0 Å². The molecule has 7 rings (SSSR count). The van der Waals surface area contributed by atoms with Crippen molar-refractivity contribution in [2.45, 2.75) is 19.8 Å². The van der Waals surface area contributed by atoms with Crippen molar-refractivity contribution in [3.63, 3.8) is 0 Å². The Bertz CT molecular complexity index is 2210. The highest BCUT2D eigenvalue weighted by Crippen LogP contribution is 2.23. The van der Waals surface area contributed by atoms with Gasteiger partial charge in [-0.1, -0.05) is 91.0 Å². The van der Waals surface area contributed by atoms with Crippen LogP contribution < -0.4 is 25.4 Å². The van der Waals surface area contributed by atoms with Gasteiger partial charge in [-0.25, -0.2) is 19.9 Å². The Kier molecular flexibility index (Phi) is 9.39. The van der Waals surface area contributed by atoms with Gasteiger partial charge in [0.1, 0.15) is 44.0 Å². The summed E-state index contributed by atoms with van der Waals surface area (Å²) < 4.78 is 13.2. The van der Waals surface area contributed by atoms with Crippen molar-refractivity contribution in [3.8, 4) is 11.5 Å². The van der Waals surface area contributed by atoms with E-state index in [1.807, 2.05) is 91.0 Å². The number of pyridine rings is 2. The van der Waals surface area contributed by atoms with E-state index in [0.29, 0.717) is 45.9 Å². The van der Waals surface area contributed by atoms with Crippen molar-refractivity contribution in [1.82, 2.24) is 29.4 Å². The topological polar surface area (TPSA) is 143 Å². The zero-order valence-corrected chi connectivity index (χ0v) is 24.9. The molecule has 4 heterocycles. The second-order valence-corrected chi connectivity index (χ2v) is 10.1. The second kappa shape index (κ2) is 14.5. The van der Waals surface area contributed by atoms with Crippen LogP contribution in [-0.2, 0) is 19.8 Å². The van der Waals surface area contributed by atoms with E-state index in [2.05, 4.69) is 19.9 Å². The van der Waals surface area contributed by atoms with Crippen LogP contribution in [0.15, 0.2) is 138 Å². The molecule has 3 aromatic carbocycles. The highest BCUT2D eigenvalue weighted by Gasteiger charge is 2.13. The number of hydrogen-bond donors (Lipinski definition) is 1. The van der Waals surface area contributed by atoms with Crippen molar-refractivity contribution in [2.24, 2.45) is 0 Å². The molecule has 0 bridgehead atoms. The molecule has 0 saturated carbocycles. The quantitative estimate of drug-likeness (QED) is 0.225. The number of benzene rings is 3. The van der Waals surface area contributed by atoms with Gasteiger partial charge in [0, 0.05) is 24.5 Å². The maximum absolute atomic E-state index is 12.6. The van der Waals surface area contributed by atoms with Gasteiger partial charge in [0.25, 0.3) is 11.1 Å². The Labute approximate surface area is 267 Å². The summed E-state index contributed by atoms with van der Waals surface area (Å²) >= 11 is 0. The zero-order chi connectivity index (χ0) is 32.4. The summed E-state index contributed by atoms with van der Waals surface area (Å²) in [6.45, 7) is 0.920. The SMILES string of the molecule is O=c1cc(OCc2ccccc2)c2cncnc2n1O.O=c1cc(OCc2ccccc2)c2cncnc2n1OCc1ccccc1. The largest absolute Gasteiger partial charge is 0.488 e. The number of fused-ring (bicyclic) bond motifs is 2. The third-order valence-electron chi connectivity index (χ3n) is 6.90. The van der Waals surface area contributed by atoms with Gasteiger partial charge < -0.3 is 19.5 Å². The maximum Gasteiger partial charge on any atom is 0.288 e. The fraction of sp³-hybridized carbons (Fsp3) is 0.0857. The lowest BCUT2D eigenvalue weighted by molar-refractivity contribution is 0.0974. The number of nitrogens with zero attached hydrogens (tertiary/aromatic N) is 6. The molecule has 0 aliphatic carbocycles. The van der Waals surface area contributed by atoms with E-state index in [9.17, 15) is 14.8 Å². The number of hydrogen-bond acceptors (Lipinski definition) is 10. The minimum absolute atomic E-state index is 0.121. The summed E-state index contributed by atoms with van der Waals surface area (Å²) in [7, 11) is 0. The molecule has 0 aliphatic heterocycles. The van der Waals surface area contributed by atoms with Gasteiger partial charge in [-0.15, -0.1) is 9.46 Å². The van der Waals surface area contributed by atoms with Gasteiger partial charge in [-0.2, -0.15) is 0 Å². The van der Waals surface area contributed by atoms with Gasteiger partial charge in [0.2, 0.25) is 0 Å². The first-order valence-electron chi connectivity index (χ1n) is 14.5. The van der Waals surface area contributed by atoms with E-state index < -0.39 is 5.56 Å². The fourth-order valence-electron chi connectivity index (χ4n) is 4.58. The third kappa shape index (κ3) is 7.40. The molecule has 7 aromatic rings. The first-order valence-corrected chi connectivity index (χ1v) is 14.5. The Morgan fingerprint density at radius 1 is 0.574 bits per heavy atom. The minimum atomic E-state index is -0.598. The molecule has 0 amide bonds. The second-order valence-electron chi connectivity index (χ2n) is 10.1. The van der Waals surface area contributed by atoms with Crippen LogP contribution in [0.25, 0.3) is 22.1 Å². The van der Waals surface area contributed by atoms with Crippen LogP contribution in [0.2, 0.25) is 0 Å². The minimum Gasteiger partial charge on any atom is -0.488 e. The number of ether oxygens (including phenoxy) is 2. The van der Waals surface area contributed by atoms with E-state index in [1.54, 1.807) is 6.20 Å². The highest BCUT2D eigenvalue weighted by molar-refractivity contribution is 5.81. The van der Waals surface area contributed by atoms with Crippen LogP contribution in [0.4, 0.5) is 0 Å². The van der Waals surface area contributed by atoms with E-state index in [4.69, 9.17) is 14.3 Å². The smallest absolute Gasteiger partial charge is 0.288 e. The van der Waals surface area contributed by atoms with Crippen molar-refractivity contribution < 1.29 is 19.5 Å². The van der Waals surface area contributed by atoms with Crippen LogP contribution in [0.5, 0.6) is 11.5 Å². The summed E-state index contributed by atoms with van der Waals surface area (Å²) in [5, 5.41) is 10.7. The van der Waals surface area contributed by atoms with Gasteiger partial charge >= 0.3 is 0 Å². The van der Waals surface area contributed by atoms with Crippen LogP contribution in [0, 0.1) is 0 Å². The van der Waals surface area contributed by atoms with Crippen LogP contribution >= 0.6 is 0 Å². The summed E-state index contributed by atoms with van der Waals surface area (Å²) in [6.07, 6.45) is 5.75. The number of rotatable bonds is 9. The Hall–Kier alpha value is -6.56. The van der Waals surface area contributed by atoms with E-state index in [0.717, 1.165) is 16.7 Å². The maximum atomic E-state index is 12.6. The van der Waals surface area contributed by atoms with Gasteiger partial charge in [-0.05, 0) is 16.7 Å². The predicted molar refractivity (Wildman–Crippen MR) is 173 cm³/mol. The Morgan fingerprint density at radius 2 is 1.02 bits per heavy atom. The molecule has 234 valence electrons. The molecular formula is C35H28N6O6. The van der Waals surface area contributed by atoms with E-state index >= 15 is 0 Å². The molecule has 0 atom stereocenters. The molecule has 12 nitrogen and oxygen atoms in total. The lowest BCUT2D eigenvalue weighted by Crippen LogP contribution is -2.27. The lowest BCUT2D eigenvalue weighted by atomic mass is 10.2. The third-order valence-corrected chi connectivity index (χ3v) is 6.90. The molecular weight excluding hydrogens is 600 g/mol. The fourth-order valence-corrected chi connectivity index (χ4v) is 4.58. The summed E-state index contributed by atoms with van der Waals surface area (Å²) in [6, 6.07) is 31.6. The first kappa shape index (κ1) is 30.5. The summed E-state index contributed by atoms with van der Waals surface area (Å²) in [4.78, 5) is 46.0. The molecule has 0 unspecified atom stereocenters. The van der Waals surface area contributed by atoms with Gasteiger partial charge in [0.15, 0.2) is 11.3 Å². The Morgan fingerprint density at radius 3 is 1.55 bits per heavy atom. The normalized spacial score (nSPS) is 10.6. The summed E-state index contributed by atoms with van der Waals surface area (Å²) in [5.41, 5.74) is 2.49. The molecule has 4 aromatic heterocycles. The zero-order valence-electron chi connectivity index (χ0n) is 24.9. The van der Waals surface area contributed by atoms with Gasteiger partial charge in [0.05, 0.1) is 10.8 Å². The molecule has 0 fully saturated rings. The molecule has 0 aliphatic rings. The van der Waals surface area contributed by atoms with E-state index in [1.165, 1.54) is 35.7 Å². The average molecular weight is 629 g/mol. The molecule has 47 heavy (non-hydrogen) atoms. The lowest BCUT2D eigenvalue weighted by Gasteiger charge is -2.13. The van der Waals surface area contributed by atoms with Crippen molar-refractivity contribution >= 4 is 22.1 Å². The summed E-state index contributed by atoms with van der Waals surface area (Å²) in [5.74, 6) is 0.777. The van der Waals surface area contributed by atoms with Gasteiger partial charge in [-0.3, -0.25) is 9.59 Å². The van der Waals surface area contributed by atoms with Crippen LogP contribution in [0.3, 0.4) is 0 Å². The number of aromatic nitrogens is 6. The first-order chi connectivity index (χ1) is 23.1. The predicted octanol–water partition coefficient (Wildman–Crippen LogP) is 4.61. The molecule has 12 heteroatoms. The van der Waals surface area contributed by atoms with Crippen LogP contribution in [0.1, 0.15) is 16.7 Å². The molecule has 0 spiro atoms. The molecule has 0 radical (unpaired) electrons. The molecule has 0 saturated heterocycles. The van der Waals surface area contributed by atoms with Crippen molar-refractivity contribution in [3.05, 3.63) is 166 Å².